The number of hydrogen-bond acceptors (Lipinski definition) is 3. The molecular weight excluding hydrogens is 366 g/mol. The Morgan fingerprint density at radius 3 is 2.45 bits per heavy atom. The predicted octanol–water partition coefficient (Wildman–Crippen LogP) is 2.58. The third kappa shape index (κ3) is 3.75. The lowest BCUT2D eigenvalue weighted by Gasteiger charge is -2.19. The van der Waals surface area contributed by atoms with Gasteiger partial charge in [0.1, 0.15) is 5.92 Å². The van der Waals surface area contributed by atoms with Gasteiger partial charge in [0.2, 0.25) is 17.7 Å². The van der Waals surface area contributed by atoms with Gasteiger partial charge in [-0.15, -0.1) is 0 Å². The molecular formula is C23H25N3O3. The summed E-state index contributed by atoms with van der Waals surface area (Å²) in [6, 6.07) is 15.0. The Balaban J connectivity index is 1.40. The summed E-state index contributed by atoms with van der Waals surface area (Å²) in [5.74, 6) is -1.17. The van der Waals surface area contributed by atoms with Crippen LogP contribution in [0.25, 0.3) is 0 Å². The van der Waals surface area contributed by atoms with Crippen molar-refractivity contribution in [2.24, 2.45) is 5.92 Å². The highest BCUT2D eigenvalue weighted by Crippen LogP contribution is 2.28. The summed E-state index contributed by atoms with van der Waals surface area (Å²) >= 11 is 0. The number of aryl methyl sites for hydroxylation is 2. The second-order valence-electron chi connectivity index (χ2n) is 7.85. The Kier molecular flexibility index (Phi) is 5.09. The van der Waals surface area contributed by atoms with E-state index in [-0.39, 0.29) is 30.2 Å². The number of benzene rings is 2. The molecule has 29 heavy (non-hydrogen) atoms. The van der Waals surface area contributed by atoms with Gasteiger partial charge in [-0.1, -0.05) is 24.3 Å². The molecule has 0 aliphatic carbocycles. The summed E-state index contributed by atoms with van der Waals surface area (Å²) < 4.78 is 0. The van der Waals surface area contributed by atoms with E-state index in [4.69, 9.17) is 0 Å². The Morgan fingerprint density at radius 2 is 1.72 bits per heavy atom. The van der Waals surface area contributed by atoms with E-state index in [9.17, 15) is 14.4 Å². The first kappa shape index (κ1) is 19.2. The summed E-state index contributed by atoms with van der Waals surface area (Å²) in [7, 11) is 0. The minimum atomic E-state index is -0.697. The van der Waals surface area contributed by atoms with Crippen LogP contribution in [0.5, 0.6) is 0 Å². The molecule has 2 heterocycles. The first-order chi connectivity index (χ1) is 13.9. The summed E-state index contributed by atoms with van der Waals surface area (Å²) in [5, 5.41) is 2.92. The van der Waals surface area contributed by atoms with Crippen molar-refractivity contribution in [2.75, 3.05) is 22.9 Å². The van der Waals surface area contributed by atoms with Gasteiger partial charge >= 0.3 is 0 Å². The Morgan fingerprint density at radius 1 is 0.966 bits per heavy atom. The molecule has 0 radical (unpaired) electrons. The molecule has 6 heteroatoms. The highest BCUT2D eigenvalue weighted by molar-refractivity contribution is 6.10. The number of carbonyl (C=O) groups excluding carboxylic acids is 3. The van der Waals surface area contributed by atoms with Crippen molar-refractivity contribution in [1.29, 1.82) is 0 Å². The minimum Gasteiger partial charge on any atom is -0.350 e. The fourth-order valence-corrected chi connectivity index (χ4v) is 4.04. The fourth-order valence-electron chi connectivity index (χ4n) is 4.04. The van der Waals surface area contributed by atoms with Gasteiger partial charge in [0.05, 0.1) is 6.04 Å². The highest BCUT2D eigenvalue weighted by atomic mass is 16.2. The lowest BCUT2D eigenvalue weighted by Crippen LogP contribution is -2.43. The molecule has 0 bridgehead atoms. The Bertz CT molecular complexity index is 957. The first-order valence-corrected chi connectivity index (χ1v) is 9.98. The van der Waals surface area contributed by atoms with E-state index in [0.29, 0.717) is 19.5 Å². The van der Waals surface area contributed by atoms with E-state index in [0.717, 1.165) is 16.9 Å². The van der Waals surface area contributed by atoms with Crippen LogP contribution in [-0.4, -0.2) is 36.9 Å². The van der Waals surface area contributed by atoms with Crippen LogP contribution in [-0.2, 0) is 14.4 Å². The smallest absolute Gasteiger partial charge is 0.239 e. The molecule has 2 atom stereocenters. The van der Waals surface area contributed by atoms with Crippen LogP contribution in [0.4, 0.5) is 11.4 Å². The number of nitrogens with zero attached hydrogens (tertiary/aromatic N) is 2. The molecule has 0 aromatic heterocycles. The standard InChI is InChI=1S/C23H25N3O3/c1-15-8-9-19(12-16(15)2)25-11-10-20(23(25)29)22(28)24-17-13-21(27)26(14-17)18-6-4-3-5-7-18/h3-9,12,17,20H,10-11,13-14H2,1-2H3,(H,24,28). The number of nitrogens with one attached hydrogen (secondary N) is 1. The third-order valence-electron chi connectivity index (χ3n) is 5.86. The van der Waals surface area contributed by atoms with Gasteiger partial charge in [0, 0.05) is 30.9 Å². The predicted molar refractivity (Wildman–Crippen MR) is 112 cm³/mol. The zero-order chi connectivity index (χ0) is 20.5. The zero-order valence-corrected chi connectivity index (χ0v) is 16.7. The molecule has 2 aromatic carbocycles. The van der Waals surface area contributed by atoms with Gasteiger partial charge < -0.3 is 15.1 Å². The van der Waals surface area contributed by atoms with Crippen LogP contribution in [0.1, 0.15) is 24.0 Å². The van der Waals surface area contributed by atoms with E-state index < -0.39 is 5.92 Å². The maximum absolute atomic E-state index is 12.9. The molecule has 0 saturated carbocycles. The lowest BCUT2D eigenvalue weighted by atomic mass is 10.1. The molecule has 6 nitrogen and oxygen atoms in total. The van der Waals surface area contributed by atoms with E-state index in [1.807, 2.05) is 62.4 Å². The summed E-state index contributed by atoms with van der Waals surface area (Å²) in [5.41, 5.74) is 3.95. The van der Waals surface area contributed by atoms with Crippen molar-refractivity contribution in [3.8, 4) is 0 Å². The van der Waals surface area contributed by atoms with Crippen LogP contribution in [0.2, 0.25) is 0 Å². The fraction of sp³-hybridized carbons (Fsp3) is 0.348. The van der Waals surface area contributed by atoms with Crippen molar-refractivity contribution >= 4 is 29.1 Å². The van der Waals surface area contributed by atoms with Crippen LogP contribution in [0.15, 0.2) is 48.5 Å². The van der Waals surface area contributed by atoms with E-state index >= 15 is 0 Å². The van der Waals surface area contributed by atoms with Gasteiger partial charge in [-0.05, 0) is 55.7 Å². The van der Waals surface area contributed by atoms with Crippen LogP contribution in [0.3, 0.4) is 0 Å². The van der Waals surface area contributed by atoms with Crippen LogP contribution < -0.4 is 15.1 Å². The number of rotatable bonds is 4. The molecule has 2 aromatic rings. The monoisotopic (exact) mass is 391 g/mol. The topological polar surface area (TPSA) is 69.7 Å². The molecule has 2 aliphatic rings. The summed E-state index contributed by atoms with van der Waals surface area (Å²) in [4.78, 5) is 41.3. The number of para-hydroxylation sites is 1. The molecule has 3 amide bonds. The molecule has 2 saturated heterocycles. The van der Waals surface area contributed by atoms with Crippen molar-refractivity contribution in [1.82, 2.24) is 5.32 Å². The average molecular weight is 391 g/mol. The molecule has 2 aliphatic heterocycles. The number of anilines is 2. The van der Waals surface area contributed by atoms with Gasteiger partial charge in [-0.3, -0.25) is 14.4 Å². The Hall–Kier alpha value is -3.15. The quantitative estimate of drug-likeness (QED) is 0.815. The number of carbonyl (C=O) groups is 3. The number of amides is 3. The SMILES string of the molecule is Cc1ccc(N2CCC(C(=O)NC3CC(=O)N(c4ccccc4)C3)C2=O)cc1C. The maximum atomic E-state index is 12.9. The van der Waals surface area contributed by atoms with E-state index in [2.05, 4.69) is 5.32 Å². The van der Waals surface area contributed by atoms with Gasteiger partial charge in [0.15, 0.2) is 0 Å². The first-order valence-electron chi connectivity index (χ1n) is 9.98. The maximum Gasteiger partial charge on any atom is 0.239 e. The third-order valence-corrected chi connectivity index (χ3v) is 5.86. The van der Waals surface area contributed by atoms with Crippen molar-refractivity contribution in [2.45, 2.75) is 32.7 Å². The molecule has 2 unspecified atom stereocenters. The van der Waals surface area contributed by atoms with Gasteiger partial charge in [-0.25, -0.2) is 0 Å². The largest absolute Gasteiger partial charge is 0.350 e. The molecule has 1 N–H and O–H groups in total. The lowest BCUT2D eigenvalue weighted by molar-refractivity contribution is -0.132. The Labute approximate surface area is 170 Å². The highest BCUT2D eigenvalue weighted by Gasteiger charge is 2.40. The van der Waals surface area contributed by atoms with E-state index in [1.165, 1.54) is 5.56 Å². The summed E-state index contributed by atoms with van der Waals surface area (Å²) in [6.07, 6.45) is 0.739. The number of hydrogen-bond donors (Lipinski definition) is 1. The van der Waals surface area contributed by atoms with Gasteiger partial charge in [-0.2, -0.15) is 0 Å². The van der Waals surface area contributed by atoms with Crippen LogP contribution in [0, 0.1) is 19.8 Å². The second kappa shape index (κ2) is 7.70. The molecule has 150 valence electrons. The van der Waals surface area contributed by atoms with Crippen LogP contribution >= 0.6 is 0 Å². The van der Waals surface area contributed by atoms with E-state index in [1.54, 1.807) is 9.80 Å². The van der Waals surface area contributed by atoms with Crippen molar-refractivity contribution in [3.05, 3.63) is 59.7 Å². The summed E-state index contributed by atoms with van der Waals surface area (Å²) in [6.45, 7) is 5.00. The van der Waals surface area contributed by atoms with Crippen molar-refractivity contribution < 1.29 is 14.4 Å². The van der Waals surface area contributed by atoms with Crippen molar-refractivity contribution in [3.63, 3.8) is 0 Å². The minimum absolute atomic E-state index is 0.0176. The normalized spacial score (nSPS) is 21.7. The van der Waals surface area contributed by atoms with Gasteiger partial charge in [0.25, 0.3) is 0 Å². The molecule has 4 rings (SSSR count). The average Bonchev–Trinajstić information content (AvgIpc) is 3.27. The molecule has 2 fully saturated rings. The zero-order valence-electron chi connectivity index (χ0n) is 16.7. The second-order valence-corrected chi connectivity index (χ2v) is 7.85. The molecule has 0 spiro atoms.